The van der Waals surface area contributed by atoms with Gasteiger partial charge in [0.05, 0.1) is 6.04 Å². The van der Waals surface area contributed by atoms with Crippen molar-refractivity contribution in [3.05, 3.63) is 0 Å². The van der Waals surface area contributed by atoms with Crippen molar-refractivity contribution in [1.82, 2.24) is 10.2 Å². The van der Waals surface area contributed by atoms with Crippen LogP contribution < -0.4 is 5.32 Å². The fourth-order valence-corrected chi connectivity index (χ4v) is 1.53. The first-order chi connectivity index (χ1) is 5.61. The molecule has 0 radical (unpaired) electrons. The van der Waals surface area contributed by atoms with Crippen LogP contribution in [-0.2, 0) is 4.79 Å². The van der Waals surface area contributed by atoms with Gasteiger partial charge in [0, 0.05) is 20.1 Å². The monoisotopic (exact) mass is 170 g/mol. The molecule has 0 unspecified atom stereocenters. The molecule has 0 saturated carbocycles. The maximum atomic E-state index is 11.5. The van der Waals surface area contributed by atoms with Gasteiger partial charge in [0.15, 0.2) is 0 Å². The molecule has 0 aromatic carbocycles. The van der Waals surface area contributed by atoms with Gasteiger partial charge in [-0.1, -0.05) is 13.8 Å². The van der Waals surface area contributed by atoms with Gasteiger partial charge in [0.2, 0.25) is 5.91 Å². The first kappa shape index (κ1) is 9.52. The SMILES string of the molecule is CC(C)C[C@H]1NCCN(C)C1=O. The molecule has 1 heterocycles. The molecule has 12 heavy (non-hydrogen) atoms. The molecule has 1 aliphatic heterocycles. The summed E-state index contributed by atoms with van der Waals surface area (Å²) < 4.78 is 0. The molecule has 0 aliphatic carbocycles. The summed E-state index contributed by atoms with van der Waals surface area (Å²) >= 11 is 0. The van der Waals surface area contributed by atoms with Crippen LogP contribution in [0.1, 0.15) is 20.3 Å². The Morgan fingerprint density at radius 2 is 2.33 bits per heavy atom. The van der Waals surface area contributed by atoms with E-state index in [1.54, 1.807) is 0 Å². The largest absolute Gasteiger partial charge is 0.343 e. The van der Waals surface area contributed by atoms with Crippen LogP contribution in [0.4, 0.5) is 0 Å². The summed E-state index contributed by atoms with van der Waals surface area (Å²) in [6.07, 6.45) is 0.948. The van der Waals surface area contributed by atoms with Gasteiger partial charge < -0.3 is 10.2 Å². The number of hydrogen-bond acceptors (Lipinski definition) is 2. The van der Waals surface area contributed by atoms with Gasteiger partial charge in [-0.3, -0.25) is 4.79 Å². The zero-order chi connectivity index (χ0) is 9.14. The van der Waals surface area contributed by atoms with E-state index in [2.05, 4.69) is 19.2 Å². The van der Waals surface area contributed by atoms with Gasteiger partial charge in [-0.15, -0.1) is 0 Å². The van der Waals surface area contributed by atoms with Crippen molar-refractivity contribution in [3.63, 3.8) is 0 Å². The molecular formula is C9H18N2O. The quantitative estimate of drug-likeness (QED) is 0.653. The molecule has 0 aromatic rings. The lowest BCUT2D eigenvalue weighted by Gasteiger charge is -2.31. The Morgan fingerprint density at radius 1 is 1.67 bits per heavy atom. The molecule has 1 saturated heterocycles. The Morgan fingerprint density at radius 3 is 2.92 bits per heavy atom. The molecule has 1 atom stereocenters. The van der Waals surface area contributed by atoms with E-state index in [1.165, 1.54) is 0 Å². The molecule has 0 bridgehead atoms. The predicted octanol–water partition coefficient (Wildman–Crippen LogP) is 0.463. The van der Waals surface area contributed by atoms with Crippen LogP contribution in [0.15, 0.2) is 0 Å². The van der Waals surface area contributed by atoms with Gasteiger partial charge in [-0.2, -0.15) is 0 Å². The van der Waals surface area contributed by atoms with Crippen LogP contribution in [0.3, 0.4) is 0 Å². The molecular weight excluding hydrogens is 152 g/mol. The summed E-state index contributed by atoms with van der Waals surface area (Å²) in [5, 5.41) is 3.24. The van der Waals surface area contributed by atoms with Crippen LogP contribution in [0.5, 0.6) is 0 Å². The maximum Gasteiger partial charge on any atom is 0.239 e. The van der Waals surface area contributed by atoms with Crippen molar-refractivity contribution < 1.29 is 4.79 Å². The van der Waals surface area contributed by atoms with Crippen molar-refractivity contribution in [2.24, 2.45) is 5.92 Å². The molecule has 0 spiro atoms. The summed E-state index contributed by atoms with van der Waals surface area (Å²) in [6, 6.07) is 0.0590. The van der Waals surface area contributed by atoms with E-state index in [9.17, 15) is 4.79 Å². The Kier molecular flexibility index (Phi) is 3.09. The predicted molar refractivity (Wildman–Crippen MR) is 48.9 cm³/mol. The third-order valence-corrected chi connectivity index (χ3v) is 2.22. The van der Waals surface area contributed by atoms with Crippen molar-refractivity contribution >= 4 is 5.91 Å². The number of carbonyl (C=O) groups excluding carboxylic acids is 1. The minimum atomic E-state index is 0.0590. The van der Waals surface area contributed by atoms with Gasteiger partial charge >= 0.3 is 0 Å². The molecule has 3 nitrogen and oxygen atoms in total. The van der Waals surface area contributed by atoms with E-state index >= 15 is 0 Å². The summed E-state index contributed by atoms with van der Waals surface area (Å²) in [5.74, 6) is 0.827. The highest BCUT2D eigenvalue weighted by atomic mass is 16.2. The summed E-state index contributed by atoms with van der Waals surface area (Å²) in [6.45, 7) is 6.06. The van der Waals surface area contributed by atoms with Crippen LogP contribution >= 0.6 is 0 Å². The second kappa shape index (κ2) is 3.90. The van der Waals surface area contributed by atoms with Crippen LogP contribution in [0.25, 0.3) is 0 Å². The van der Waals surface area contributed by atoms with Gasteiger partial charge in [-0.05, 0) is 12.3 Å². The van der Waals surface area contributed by atoms with Gasteiger partial charge in [-0.25, -0.2) is 0 Å². The molecule has 1 amide bonds. The van der Waals surface area contributed by atoms with E-state index in [4.69, 9.17) is 0 Å². The van der Waals surface area contributed by atoms with Gasteiger partial charge in [0.1, 0.15) is 0 Å². The Balaban J connectivity index is 2.46. The molecule has 1 fully saturated rings. The van der Waals surface area contributed by atoms with Crippen molar-refractivity contribution in [2.45, 2.75) is 26.3 Å². The van der Waals surface area contributed by atoms with E-state index in [-0.39, 0.29) is 11.9 Å². The number of likely N-dealkylation sites (N-methyl/N-ethyl adjacent to an activating group) is 1. The second-order valence-electron chi connectivity index (χ2n) is 3.90. The molecule has 1 rings (SSSR count). The Bertz CT molecular complexity index is 168. The number of hydrogen-bond donors (Lipinski definition) is 1. The smallest absolute Gasteiger partial charge is 0.239 e. The van der Waals surface area contributed by atoms with E-state index in [0.717, 1.165) is 19.5 Å². The summed E-state index contributed by atoms with van der Waals surface area (Å²) in [5.41, 5.74) is 0. The molecule has 1 N–H and O–H groups in total. The molecule has 3 heteroatoms. The summed E-state index contributed by atoms with van der Waals surface area (Å²) in [4.78, 5) is 13.3. The van der Waals surface area contributed by atoms with Crippen LogP contribution in [0, 0.1) is 5.92 Å². The van der Waals surface area contributed by atoms with Crippen molar-refractivity contribution in [3.8, 4) is 0 Å². The highest BCUT2D eigenvalue weighted by Crippen LogP contribution is 2.09. The maximum absolute atomic E-state index is 11.5. The topological polar surface area (TPSA) is 32.3 Å². The number of piperazine rings is 1. The van der Waals surface area contributed by atoms with Crippen molar-refractivity contribution in [1.29, 1.82) is 0 Å². The first-order valence-corrected chi connectivity index (χ1v) is 4.59. The molecule has 1 aliphatic rings. The van der Waals surface area contributed by atoms with E-state index in [0.29, 0.717) is 5.92 Å². The van der Waals surface area contributed by atoms with Gasteiger partial charge in [0.25, 0.3) is 0 Å². The number of nitrogens with one attached hydrogen (secondary N) is 1. The second-order valence-corrected chi connectivity index (χ2v) is 3.90. The minimum Gasteiger partial charge on any atom is -0.343 e. The lowest BCUT2D eigenvalue weighted by Crippen LogP contribution is -2.53. The Hall–Kier alpha value is -0.570. The zero-order valence-corrected chi connectivity index (χ0v) is 8.13. The fraction of sp³-hybridized carbons (Fsp3) is 0.889. The van der Waals surface area contributed by atoms with Crippen LogP contribution in [-0.4, -0.2) is 37.0 Å². The Labute approximate surface area is 74.1 Å². The average molecular weight is 170 g/mol. The average Bonchev–Trinajstić information content (AvgIpc) is 1.98. The van der Waals surface area contributed by atoms with Crippen molar-refractivity contribution in [2.75, 3.05) is 20.1 Å². The third kappa shape index (κ3) is 2.21. The number of amides is 1. The lowest BCUT2D eigenvalue weighted by atomic mass is 10.0. The zero-order valence-electron chi connectivity index (χ0n) is 8.13. The van der Waals surface area contributed by atoms with E-state index < -0.39 is 0 Å². The number of rotatable bonds is 2. The minimum absolute atomic E-state index is 0.0590. The van der Waals surface area contributed by atoms with Crippen LogP contribution in [0.2, 0.25) is 0 Å². The highest BCUT2D eigenvalue weighted by Gasteiger charge is 2.25. The molecule has 70 valence electrons. The lowest BCUT2D eigenvalue weighted by molar-refractivity contribution is -0.134. The highest BCUT2D eigenvalue weighted by molar-refractivity contribution is 5.82. The number of carbonyl (C=O) groups is 1. The van der Waals surface area contributed by atoms with E-state index in [1.807, 2.05) is 11.9 Å². The fourth-order valence-electron chi connectivity index (χ4n) is 1.53. The normalized spacial score (nSPS) is 25.2. The molecule has 0 aromatic heterocycles. The standard InChI is InChI=1S/C9H18N2O/c1-7(2)6-8-9(12)11(3)5-4-10-8/h7-8,10H,4-6H2,1-3H3/t8-/m1/s1. The summed E-state index contributed by atoms with van der Waals surface area (Å²) in [7, 11) is 1.87. The number of nitrogens with zero attached hydrogens (tertiary/aromatic N) is 1. The third-order valence-electron chi connectivity index (χ3n) is 2.22. The first-order valence-electron chi connectivity index (χ1n) is 4.59.